The third-order valence-corrected chi connectivity index (χ3v) is 3.98. The lowest BCUT2D eigenvalue weighted by Gasteiger charge is -2.40. The van der Waals surface area contributed by atoms with Crippen LogP contribution in [-0.2, 0) is 4.79 Å². The minimum atomic E-state index is -0.832. The van der Waals surface area contributed by atoms with E-state index >= 15 is 0 Å². The van der Waals surface area contributed by atoms with Crippen molar-refractivity contribution in [3.8, 4) is 0 Å². The summed E-state index contributed by atoms with van der Waals surface area (Å²) in [5.74, 6) is -0.832. The van der Waals surface area contributed by atoms with Crippen molar-refractivity contribution < 1.29 is 15.0 Å². The molecule has 1 aliphatic carbocycles. The Kier molecular flexibility index (Phi) is 2.71. The van der Waals surface area contributed by atoms with Gasteiger partial charge in [0, 0.05) is 4.90 Å². The van der Waals surface area contributed by atoms with Crippen LogP contribution in [0.3, 0.4) is 0 Å². The van der Waals surface area contributed by atoms with E-state index in [-0.39, 0.29) is 0 Å². The molecule has 0 amide bonds. The van der Waals surface area contributed by atoms with Crippen molar-refractivity contribution in [2.45, 2.75) is 28.6 Å². The van der Waals surface area contributed by atoms with Crippen molar-refractivity contribution in [1.29, 1.82) is 0 Å². The molecule has 1 aromatic carbocycles. The Hall–Kier alpha value is -1.00. The van der Waals surface area contributed by atoms with Gasteiger partial charge in [0.25, 0.3) is 0 Å². The Morgan fingerprint density at radius 1 is 1.33 bits per heavy atom. The minimum Gasteiger partial charge on any atom is -0.480 e. The fourth-order valence-corrected chi connectivity index (χ4v) is 3.10. The molecule has 1 aromatic rings. The Morgan fingerprint density at radius 2 is 1.93 bits per heavy atom. The summed E-state index contributed by atoms with van der Waals surface area (Å²) >= 11 is 1.33. The second-order valence-electron chi connectivity index (χ2n) is 3.78. The molecule has 0 aliphatic heterocycles. The van der Waals surface area contributed by atoms with Crippen LogP contribution >= 0.6 is 11.8 Å². The number of thioether (sulfide) groups is 1. The smallest absolute Gasteiger partial charge is 0.320 e. The molecule has 1 fully saturated rings. The topological polar surface area (TPSA) is 57.5 Å². The van der Waals surface area contributed by atoms with Gasteiger partial charge < -0.3 is 10.2 Å². The van der Waals surface area contributed by atoms with Crippen molar-refractivity contribution in [2.24, 2.45) is 0 Å². The highest BCUT2D eigenvalue weighted by atomic mass is 32.2. The number of hydrogen-bond acceptors (Lipinski definition) is 3. The first-order chi connectivity index (χ1) is 7.12. The lowest BCUT2D eigenvalue weighted by atomic mass is 9.81. The van der Waals surface area contributed by atoms with E-state index in [1.165, 1.54) is 11.8 Å². The first-order valence-corrected chi connectivity index (χ1v) is 5.59. The van der Waals surface area contributed by atoms with E-state index < -0.39 is 16.8 Å². The molecule has 0 unspecified atom stereocenters. The van der Waals surface area contributed by atoms with Crippen LogP contribution in [0.4, 0.5) is 0 Å². The van der Waals surface area contributed by atoms with Gasteiger partial charge in [-0.3, -0.25) is 4.79 Å². The van der Waals surface area contributed by atoms with E-state index in [9.17, 15) is 9.90 Å². The number of benzene rings is 1. The maximum absolute atomic E-state index is 11.1. The molecule has 15 heavy (non-hydrogen) atoms. The Morgan fingerprint density at radius 3 is 2.40 bits per heavy atom. The normalized spacial score (nSPS) is 29.5. The molecule has 3 nitrogen and oxygen atoms in total. The maximum Gasteiger partial charge on any atom is 0.320 e. The summed E-state index contributed by atoms with van der Waals surface area (Å²) in [5.41, 5.74) is 0. The van der Waals surface area contributed by atoms with E-state index in [1.54, 1.807) is 0 Å². The summed E-state index contributed by atoms with van der Waals surface area (Å²) in [5, 5.41) is 18.4. The average molecular weight is 224 g/mol. The van der Waals surface area contributed by atoms with E-state index in [2.05, 4.69) is 0 Å². The first kappa shape index (κ1) is 10.5. The minimum absolute atomic E-state index is 0.335. The van der Waals surface area contributed by atoms with Crippen LogP contribution in [0.25, 0.3) is 0 Å². The second kappa shape index (κ2) is 3.87. The second-order valence-corrected chi connectivity index (χ2v) is 5.23. The summed E-state index contributed by atoms with van der Waals surface area (Å²) in [7, 11) is 0. The monoisotopic (exact) mass is 224 g/mol. The highest BCUT2D eigenvalue weighted by molar-refractivity contribution is 8.01. The van der Waals surface area contributed by atoms with Gasteiger partial charge in [-0.2, -0.15) is 0 Å². The number of carbonyl (C=O) groups is 1. The molecule has 0 saturated heterocycles. The fourth-order valence-electron chi connectivity index (χ4n) is 1.72. The van der Waals surface area contributed by atoms with Crippen molar-refractivity contribution in [3.63, 3.8) is 0 Å². The van der Waals surface area contributed by atoms with Gasteiger partial charge in [-0.25, -0.2) is 0 Å². The van der Waals surface area contributed by atoms with Gasteiger partial charge in [0.05, 0.1) is 6.10 Å². The number of hydrogen-bond donors (Lipinski definition) is 2. The number of rotatable bonds is 3. The average Bonchev–Trinajstić information content (AvgIpc) is 2.16. The number of aliphatic hydroxyl groups is 1. The number of aliphatic carboxylic acids is 1. The number of carboxylic acids is 1. The Balaban J connectivity index is 2.13. The van der Waals surface area contributed by atoms with Crippen molar-refractivity contribution in [3.05, 3.63) is 30.3 Å². The van der Waals surface area contributed by atoms with E-state index in [0.717, 1.165) is 4.90 Å². The van der Waals surface area contributed by atoms with Crippen LogP contribution in [0, 0.1) is 0 Å². The molecule has 1 aliphatic rings. The molecule has 0 heterocycles. The van der Waals surface area contributed by atoms with Crippen LogP contribution < -0.4 is 0 Å². The lowest BCUT2D eigenvalue weighted by molar-refractivity contribution is -0.145. The molecule has 0 radical (unpaired) electrons. The summed E-state index contributed by atoms with van der Waals surface area (Å²) in [6.45, 7) is 0. The summed E-state index contributed by atoms with van der Waals surface area (Å²) in [6, 6.07) is 9.44. The molecule has 0 aromatic heterocycles. The molecule has 1 saturated carbocycles. The zero-order valence-electron chi connectivity index (χ0n) is 8.09. The summed E-state index contributed by atoms with van der Waals surface area (Å²) < 4.78 is -0.819. The SMILES string of the molecule is O=C(O)C1(Sc2ccccc2)CC(O)C1. The summed E-state index contributed by atoms with van der Waals surface area (Å²) in [4.78, 5) is 12.1. The van der Waals surface area contributed by atoms with E-state index in [0.29, 0.717) is 12.8 Å². The Bertz CT molecular complexity index is 357. The maximum atomic E-state index is 11.1. The van der Waals surface area contributed by atoms with Crippen molar-refractivity contribution in [2.75, 3.05) is 0 Å². The molecule has 4 heteroatoms. The largest absolute Gasteiger partial charge is 0.480 e. The standard InChI is InChI=1S/C11H12O3S/c12-8-6-11(7-8,10(13)14)15-9-4-2-1-3-5-9/h1-5,8,12H,6-7H2,(H,13,14). The summed E-state index contributed by atoms with van der Waals surface area (Å²) in [6.07, 6.45) is 0.210. The number of aliphatic hydroxyl groups excluding tert-OH is 1. The fraction of sp³-hybridized carbons (Fsp3) is 0.364. The van der Waals surface area contributed by atoms with Gasteiger partial charge in [0.1, 0.15) is 4.75 Å². The van der Waals surface area contributed by atoms with Gasteiger partial charge in [-0.1, -0.05) is 18.2 Å². The van der Waals surface area contributed by atoms with Crippen LogP contribution in [0.5, 0.6) is 0 Å². The molecular weight excluding hydrogens is 212 g/mol. The molecule has 2 rings (SSSR count). The van der Waals surface area contributed by atoms with Gasteiger partial charge in [-0.05, 0) is 25.0 Å². The first-order valence-electron chi connectivity index (χ1n) is 4.78. The zero-order chi connectivity index (χ0) is 10.9. The van der Waals surface area contributed by atoms with Crippen LogP contribution in [-0.4, -0.2) is 27.0 Å². The molecular formula is C11H12O3S. The van der Waals surface area contributed by atoms with E-state index in [1.807, 2.05) is 30.3 Å². The quantitative estimate of drug-likeness (QED) is 0.821. The lowest BCUT2D eigenvalue weighted by Crippen LogP contribution is -2.50. The third-order valence-electron chi connectivity index (χ3n) is 2.58. The van der Waals surface area contributed by atoms with Gasteiger partial charge in [0.15, 0.2) is 0 Å². The van der Waals surface area contributed by atoms with Gasteiger partial charge in [-0.15, -0.1) is 11.8 Å². The highest BCUT2D eigenvalue weighted by Crippen LogP contribution is 2.47. The van der Waals surface area contributed by atoms with Crippen LogP contribution in [0.1, 0.15) is 12.8 Å². The van der Waals surface area contributed by atoms with Crippen molar-refractivity contribution in [1.82, 2.24) is 0 Å². The molecule has 0 atom stereocenters. The predicted molar refractivity (Wildman–Crippen MR) is 57.9 cm³/mol. The highest BCUT2D eigenvalue weighted by Gasteiger charge is 2.50. The molecule has 0 spiro atoms. The Labute approximate surface area is 92.1 Å². The van der Waals surface area contributed by atoms with Crippen LogP contribution in [0.15, 0.2) is 35.2 Å². The van der Waals surface area contributed by atoms with E-state index in [4.69, 9.17) is 5.11 Å². The zero-order valence-corrected chi connectivity index (χ0v) is 8.91. The molecule has 80 valence electrons. The molecule has 0 bridgehead atoms. The molecule has 2 N–H and O–H groups in total. The third kappa shape index (κ3) is 2.01. The van der Waals surface area contributed by atoms with Crippen molar-refractivity contribution >= 4 is 17.7 Å². The number of carboxylic acid groups (broad SMARTS) is 1. The van der Waals surface area contributed by atoms with Gasteiger partial charge in [0.2, 0.25) is 0 Å². The van der Waals surface area contributed by atoms with Gasteiger partial charge >= 0.3 is 5.97 Å². The van der Waals surface area contributed by atoms with Crippen LogP contribution in [0.2, 0.25) is 0 Å². The predicted octanol–water partition coefficient (Wildman–Crippen LogP) is 1.76.